The highest BCUT2D eigenvalue weighted by Gasteiger charge is 2.36. The summed E-state index contributed by atoms with van der Waals surface area (Å²) >= 11 is 0. The largest absolute Gasteiger partial charge is 0.311 e. The summed E-state index contributed by atoms with van der Waals surface area (Å²) in [6, 6.07) is 12.3. The zero-order chi connectivity index (χ0) is 9.38. The summed E-state index contributed by atoms with van der Waals surface area (Å²) in [6.45, 7) is 3.56. The predicted molar refractivity (Wildman–Crippen MR) is 77.7 cm³/mol. The molecule has 2 nitrogen and oxygen atoms in total. The van der Waals surface area contributed by atoms with Gasteiger partial charge < -0.3 is 5.32 Å². The van der Waals surface area contributed by atoms with Gasteiger partial charge in [0.15, 0.2) is 0 Å². The van der Waals surface area contributed by atoms with Crippen LogP contribution < -0.4 is 5.32 Å². The third kappa shape index (κ3) is 2.86. The molecule has 1 aromatic carbocycles. The molecule has 2 fully saturated rings. The Kier molecular flexibility index (Phi) is 5.44. The Bertz CT molecular complexity index is 318. The molecular formula is C12H18Br2N2. The molecule has 2 saturated heterocycles. The Morgan fingerprint density at radius 1 is 1.19 bits per heavy atom. The number of rotatable bonds is 2. The summed E-state index contributed by atoms with van der Waals surface area (Å²) < 4.78 is 0. The van der Waals surface area contributed by atoms with Gasteiger partial charge in [0.25, 0.3) is 0 Å². The van der Waals surface area contributed by atoms with E-state index in [-0.39, 0.29) is 34.0 Å². The van der Waals surface area contributed by atoms with Gasteiger partial charge in [-0.1, -0.05) is 30.3 Å². The van der Waals surface area contributed by atoms with E-state index in [2.05, 4.69) is 40.5 Å². The van der Waals surface area contributed by atoms with Crippen LogP contribution in [-0.4, -0.2) is 30.1 Å². The maximum atomic E-state index is 3.53. The zero-order valence-electron chi connectivity index (χ0n) is 9.13. The molecule has 0 saturated carbocycles. The summed E-state index contributed by atoms with van der Waals surface area (Å²) in [7, 11) is 0. The van der Waals surface area contributed by atoms with Gasteiger partial charge in [-0.05, 0) is 12.0 Å². The minimum atomic E-state index is 0. The average molecular weight is 350 g/mol. The topological polar surface area (TPSA) is 15.3 Å². The van der Waals surface area contributed by atoms with Gasteiger partial charge in [-0.2, -0.15) is 0 Å². The van der Waals surface area contributed by atoms with E-state index in [4.69, 9.17) is 0 Å². The number of halogens is 2. The molecule has 90 valence electrons. The van der Waals surface area contributed by atoms with E-state index in [0.29, 0.717) is 0 Å². The van der Waals surface area contributed by atoms with Crippen LogP contribution in [0.25, 0.3) is 0 Å². The van der Waals surface area contributed by atoms with Crippen LogP contribution in [0.3, 0.4) is 0 Å². The Hall–Kier alpha value is 0.100. The first-order chi connectivity index (χ1) is 6.92. The van der Waals surface area contributed by atoms with Crippen molar-refractivity contribution in [1.82, 2.24) is 10.2 Å². The molecule has 0 unspecified atom stereocenters. The molecule has 0 aromatic heterocycles. The van der Waals surface area contributed by atoms with Crippen molar-refractivity contribution in [2.75, 3.05) is 13.1 Å². The van der Waals surface area contributed by atoms with Crippen LogP contribution in [0.1, 0.15) is 12.0 Å². The Morgan fingerprint density at radius 2 is 1.94 bits per heavy atom. The first-order valence-electron chi connectivity index (χ1n) is 5.43. The van der Waals surface area contributed by atoms with Gasteiger partial charge in [0, 0.05) is 31.7 Å². The molecular weight excluding hydrogens is 332 g/mol. The van der Waals surface area contributed by atoms with Gasteiger partial charge in [-0.25, -0.2) is 0 Å². The van der Waals surface area contributed by atoms with Crippen LogP contribution in [0.2, 0.25) is 0 Å². The average Bonchev–Trinajstić information content (AvgIpc) is 2.81. The molecule has 2 aliphatic rings. The maximum absolute atomic E-state index is 3.53. The minimum absolute atomic E-state index is 0. The van der Waals surface area contributed by atoms with Crippen molar-refractivity contribution in [3.63, 3.8) is 0 Å². The summed E-state index contributed by atoms with van der Waals surface area (Å²) in [6.07, 6.45) is 1.35. The number of hydrogen-bond acceptors (Lipinski definition) is 2. The molecule has 0 amide bonds. The van der Waals surface area contributed by atoms with Crippen molar-refractivity contribution in [3.05, 3.63) is 35.9 Å². The van der Waals surface area contributed by atoms with Crippen LogP contribution >= 0.6 is 34.0 Å². The van der Waals surface area contributed by atoms with Gasteiger partial charge in [0.05, 0.1) is 0 Å². The fourth-order valence-corrected chi connectivity index (χ4v) is 2.66. The summed E-state index contributed by atoms with van der Waals surface area (Å²) in [5, 5.41) is 3.53. The molecule has 0 spiro atoms. The predicted octanol–water partition coefficient (Wildman–Crippen LogP) is 2.39. The van der Waals surface area contributed by atoms with E-state index in [0.717, 1.165) is 18.6 Å². The van der Waals surface area contributed by atoms with Crippen molar-refractivity contribution in [2.45, 2.75) is 25.0 Å². The van der Waals surface area contributed by atoms with Crippen LogP contribution in [0, 0.1) is 0 Å². The highest BCUT2D eigenvalue weighted by molar-refractivity contribution is 8.93. The van der Waals surface area contributed by atoms with Crippen LogP contribution in [0.15, 0.2) is 30.3 Å². The smallest absolute Gasteiger partial charge is 0.0240 e. The lowest BCUT2D eigenvalue weighted by Crippen LogP contribution is -2.42. The first kappa shape index (κ1) is 14.2. The Labute approximate surface area is 118 Å². The molecule has 3 rings (SSSR count). The lowest BCUT2D eigenvalue weighted by atomic mass is 10.2. The molecule has 16 heavy (non-hydrogen) atoms. The van der Waals surface area contributed by atoms with Crippen molar-refractivity contribution in [1.29, 1.82) is 0 Å². The SMILES string of the molecule is Br.Br.c1ccc(CN2C[C@@H]3C[C@H]2CN3)cc1. The summed E-state index contributed by atoms with van der Waals surface area (Å²) in [5.74, 6) is 0. The Balaban J connectivity index is 0.000000640. The minimum Gasteiger partial charge on any atom is -0.311 e. The number of nitrogens with zero attached hydrogens (tertiary/aromatic N) is 1. The lowest BCUT2D eigenvalue weighted by molar-refractivity contribution is 0.218. The maximum Gasteiger partial charge on any atom is 0.0240 e. The van der Waals surface area contributed by atoms with Gasteiger partial charge in [-0.15, -0.1) is 34.0 Å². The van der Waals surface area contributed by atoms with E-state index < -0.39 is 0 Å². The molecule has 2 bridgehead atoms. The molecule has 2 heterocycles. The van der Waals surface area contributed by atoms with Crippen LogP contribution in [-0.2, 0) is 6.54 Å². The van der Waals surface area contributed by atoms with Crippen molar-refractivity contribution >= 4 is 34.0 Å². The standard InChI is InChI=1S/C12H16N2.2BrH/c1-2-4-10(5-3-1)8-14-9-11-6-12(14)7-13-11;;/h1-5,11-13H,6-9H2;2*1H/t11-,12-;;/m0../s1. The zero-order valence-corrected chi connectivity index (χ0v) is 12.6. The van der Waals surface area contributed by atoms with Crippen molar-refractivity contribution in [2.24, 2.45) is 0 Å². The number of piperazine rings is 1. The number of benzene rings is 1. The molecule has 4 heteroatoms. The fourth-order valence-electron chi connectivity index (χ4n) is 2.66. The van der Waals surface area contributed by atoms with E-state index in [1.807, 2.05) is 0 Å². The molecule has 1 N–H and O–H groups in total. The molecule has 1 aromatic rings. The monoisotopic (exact) mass is 348 g/mol. The molecule has 0 radical (unpaired) electrons. The first-order valence-corrected chi connectivity index (χ1v) is 5.43. The van der Waals surface area contributed by atoms with Gasteiger partial charge in [0.2, 0.25) is 0 Å². The van der Waals surface area contributed by atoms with Gasteiger partial charge in [-0.3, -0.25) is 4.90 Å². The number of hydrogen-bond donors (Lipinski definition) is 1. The highest BCUT2D eigenvalue weighted by Crippen LogP contribution is 2.24. The van der Waals surface area contributed by atoms with E-state index >= 15 is 0 Å². The fraction of sp³-hybridized carbons (Fsp3) is 0.500. The third-order valence-corrected chi connectivity index (χ3v) is 3.40. The highest BCUT2D eigenvalue weighted by atomic mass is 79.9. The van der Waals surface area contributed by atoms with Gasteiger partial charge in [0.1, 0.15) is 0 Å². The van der Waals surface area contributed by atoms with E-state index in [9.17, 15) is 0 Å². The normalized spacial score (nSPS) is 27.2. The van der Waals surface area contributed by atoms with Gasteiger partial charge >= 0.3 is 0 Å². The lowest BCUT2D eigenvalue weighted by Gasteiger charge is -2.27. The van der Waals surface area contributed by atoms with Crippen molar-refractivity contribution < 1.29 is 0 Å². The molecule has 2 atom stereocenters. The summed E-state index contributed by atoms with van der Waals surface area (Å²) in [4.78, 5) is 2.61. The number of likely N-dealkylation sites (tertiary alicyclic amines) is 1. The van der Waals surface area contributed by atoms with E-state index in [1.165, 1.54) is 25.1 Å². The Morgan fingerprint density at radius 3 is 2.50 bits per heavy atom. The van der Waals surface area contributed by atoms with Crippen LogP contribution in [0.4, 0.5) is 0 Å². The van der Waals surface area contributed by atoms with Crippen molar-refractivity contribution in [3.8, 4) is 0 Å². The quantitative estimate of drug-likeness (QED) is 0.881. The second-order valence-corrected chi connectivity index (χ2v) is 4.41. The summed E-state index contributed by atoms with van der Waals surface area (Å²) in [5.41, 5.74) is 1.44. The number of fused-ring (bicyclic) bond motifs is 2. The molecule has 2 aliphatic heterocycles. The second kappa shape index (κ2) is 6.15. The van der Waals surface area contributed by atoms with E-state index in [1.54, 1.807) is 0 Å². The third-order valence-electron chi connectivity index (χ3n) is 3.40. The molecule has 0 aliphatic carbocycles. The second-order valence-electron chi connectivity index (χ2n) is 4.41. The number of nitrogens with one attached hydrogen (secondary N) is 1. The van der Waals surface area contributed by atoms with Crippen LogP contribution in [0.5, 0.6) is 0 Å².